The van der Waals surface area contributed by atoms with Crippen LogP contribution in [0.25, 0.3) is 0 Å². The van der Waals surface area contributed by atoms with Gasteiger partial charge in [0.25, 0.3) is 0 Å². The number of rotatable bonds is 2. The third-order valence-corrected chi connectivity index (χ3v) is 3.44. The average Bonchev–Trinajstić information content (AvgIpc) is 2.22. The SMILES string of the molecule is CC1=C(CC=C(C#N)C#N)C(C)(C)CCC1. The van der Waals surface area contributed by atoms with E-state index in [1.54, 1.807) is 6.08 Å². The minimum absolute atomic E-state index is 0.217. The summed E-state index contributed by atoms with van der Waals surface area (Å²) in [7, 11) is 0. The Morgan fingerprint density at radius 1 is 1.38 bits per heavy atom. The second kappa shape index (κ2) is 4.99. The normalized spacial score (nSPS) is 18.6. The molecule has 0 unspecified atom stereocenters. The standard InChI is InChI=1S/C14H18N2/c1-11-5-4-8-14(2,3)13(11)7-6-12(9-15)10-16/h6H,4-5,7-8H2,1-3H3. The summed E-state index contributed by atoms with van der Waals surface area (Å²) in [6, 6.07) is 3.82. The second-order valence-corrected chi connectivity index (χ2v) is 5.04. The first-order chi connectivity index (χ1) is 7.51. The molecule has 0 fully saturated rings. The van der Waals surface area contributed by atoms with Gasteiger partial charge >= 0.3 is 0 Å². The van der Waals surface area contributed by atoms with E-state index in [-0.39, 0.29) is 11.0 Å². The van der Waals surface area contributed by atoms with Gasteiger partial charge in [0.15, 0.2) is 0 Å². The van der Waals surface area contributed by atoms with Crippen LogP contribution in [0.5, 0.6) is 0 Å². The molecule has 0 bridgehead atoms. The predicted octanol–water partition coefficient (Wildman–Crippen LogP) is 3.88. The van der Waals surface area contributed by atoms with Crippen molar-refractivity contribution < 1.29 is 0 Å². The molecule has 1 rings (SSSR count). The first-order valence-corrected chi connectivity index (χ1v) is 5.70. The highest BCUT2D eigenvalue weighted by Crippen LogP contribution is 2.41. The number of nitriles is 2. The molecule has 0 amide bonds. The van der Waals surface area contributed by atoms with Crippen LogP contribution in [0, 0.1) is 28.1 Å². The minimum atomic E-state index is 0.217. The lowest BCUT2D eigenvalue weighted by Gasteiger charge is -2.34. The van der Waals surface area contributed by atoms with Crippen molar-refractivity contribution in [2.75, 3.05) is 0 Å². The fraction of sp³-hybridized carbons (Fsp3) is 0.571. The smallest absolute Gasteiger partial charge is 0.126 e. The summed E-state index contributed by atoms with van der Waals surface area (Å²) < 4.78 is 0. The first kappa shape index (κ1) is 12.5. The van der Waals surface area contributed by atoms with E-state index in [1.165, 1.54) is 24.0 Å². The molecule has 84 valence electrons. The zero-order valence-electron chi connectivity index (χ0n) is 10.3. The van der Waals surface area contributed by atoms with Gasteiger partial charge in [0, 0.05) is 0 Å². The van der Waals surface area contributed by atoms with Crippen LogP contribution in [0.4, 0.5) is 0 Å². The van der Waals surface area contributed by atoms with Gasteiger partial charge in [-0.3, -0.25) is 0 Å². The van der Waals surface area contributed by atoms with Crippen LogP contribution >= 0.6 is 0 Å². The summed E-state index contributed by atoms with van der Waals surface area (Å²) in [5.41, 5.74) is 3.28. The lowest BCUT2D eigenvalue weighted by Crippen LogP contribution is -2.20. The molecule has 0 saturated carbocycles. The van der Waals surface area contributed by atoms with Gasteiger partial charge in [-0.25, -0.2) is 0 Å². The Labute approximate surface area is 97.9 Å². The van der Waals surface area contributed by atoms with Gasteiger partial charge in [0.2, 0.25) is 0 Å². The Morgan fingerprint density at radius 2 is 2.00 bits per heavy atom. The fourth-order valence-electron chi connectivity index (χ4n) is 2.45. The number of allylic oxidation sites excluding steroid dienone is 4. The highest BCUT2D eigenvalue weighted by Gasteiger charge is 2.27. The van der Waals surface area contributed by atoms with Crippen LogP contribution in [0.2, 0.25) is 0 Å². The third kappa shape index (κ3) is 2.74. The molecule has 0 aromatic carbocycles. The lowest BCUT2D eigenvalue weighted by molar-refractivity contribution is 0.361. The predicted molar refractivity (Wildman–Crippen MR) is 64.3 cm³/mol. The van der Waals surface area contributed by atoms with Gasteiger partial charge in [-0.15, -0.1) is 0 Å². The van der Waals surface area contributed by atoms with Gasteiger partial charge in [0.05, 0.1) is 0 Å². The summed E-state index contributed by atoms with van der Waals surface area (Å²) in [5.74, 6) is 0. The maximum absolute atomic E-state index is 8.69. The molecule has 1 aliphatic carbocycles. The first-order valence-electron chi connectivity index (χ1n) is 5.70. The van der Waals surface area contributed by atoms with E-state index < -0.39 is 0 Å². The van der Waals surface area contributed by atoms with Crippen LogP contribution in [0.15, 0.2) is 22.8 Å². The van der Waals surface area contributed by atoms with E-state index in [9.17, 15) is 0 Å². The topological polar surface area (TPSA) is 47.6 Å². The van der Waals surface area contributed by atoms with E-state index in [2.05, 4.69) is 20.8 Å². The summed E-state index contributed by atoms with van der Waals surface area (Å²) in [6.07, 6.45) is 6.10. The van der Waals surface area contributed by atoms with Gasteiger partial charge in [-0.2, -0.15) is 10.5 Å². The quantitative estimate of drug-likeness (QED) is 0.517. The average molecular weight is 214 g/mol. The maximum atomic E-state index is 8.69. The molecular weight excluding hydrogens is 196 g/mol. The summed E-state index contributed by atoms with van der Waals surface area (Å²) in [5, 5.41) is 17.4. The van der Waals surface area contributed by atoms with E-state index in [0.717, 1.165) is 12.8 Å². The Balaban J connectivity index is 2.92. The molecule has 0 heterocycles. The monoisotopic (exact) mass is 214 g/mol. The molecule has 2 heteroatoms. The zero-order valence-corrected chi connectivity index (χ0v) is 10.3. The zero-order chi connectivity index (χ0) is 12.2. The van der Waals surface area contributed by atoms with Crippen molar-refractivity contribution in [3.8, 4) is 12.1 Å². The van der Waals surface area contributed by atoms with Gasteiger partial charge in [0.1, 0.15) is 17.7 Å². The van der Waals surface area contributed by atoms with Crippen LogP contribution in [-0.2, 0) is 0 Å². The highest BCUT2D eigenvalue weighted by atomic mass is 14.3. The van der Waals surface area contributed by atoms with Crippen LogP contribution in [0.1, 0.15) is 46.5 Å². The summed E-state index contributed by atoms with van der Waals surface area (Å²) in [4.78, 5) is 0. The second-order valence-electron chi connectivity index (χ2n) is 5.04. The highest BCUT2D eigenvalue weighted by molar-refractivity contribution is 5.37. The van der Waals surface area contributed by atoms with E-state index in [1.807, 2.05) is 12.1 Å². The van der Waals surface area contributed by atoms with Crippen molar-refractivity contribution in [2.45, 2.75) is 46.5 Å². The van der Waals surface area contributed by atoms with Gasteiger partial charge < -0.3 is 0 Å². The molecule has 2 nitrogen and oxygen atoms in total. The van der Waals surface area contributed by atoms with Crippen molar-refractivity contribution in [3.63, 3.8) is 0 Å². The summed E-state index contributed by atoms with van der Waals surface area (Å²) in [6.45, 7) is 6.66. The Morgan fingerprint density at radius 3 is 2.50 bits per heavy atom. The van der Waals surface area contributed by atoms with Crippen LogP contribution < -0.4 is 0 Å². The van der Waals surface area contributed by atoms with Crippen molar-refractivity contribution in [2.24, 2.45) is 5.41 Å². The molecule has 0 aliphatic heterocycles. The molecule has 0 saturated heterocycles. The van der Waals surface area contributed by atoms with Crippen molar-refractivity contribution in [3.05, 3.63) is 22.8 Å². The molecule has 0 aromatic rings. The van der Waals surface area contributed by atoms with Crippen molar-refractivity contribution in [1.82, 2.24) is 0 Å². The van der Waals surface area contributed by atoms with E-state index in [4.69, 9.17) is 10.5 Å². The van der Waals surface area contributed by atoms with Crippen LogP contribution in [-0.4, -0.2) is 0 Å². The Hall–Kier alpha value is -1.54. The largest absolute Gasteiger partial charge is 0.192 e. The Kier molecular flexibility index (Phi) is 3.91. The lowest BCUT2D eigenvalue weighted by atomic mass is 9.71. The number of hydrogen-bond acceptors (Lipinski definition) is 2. The molecule has 0 atom stereocenters. The molecule has 0 aromatic heterocycles. The molecule has 0 N–H and O–H groups in total. The van der Waals surface area contributed by atoms with E-state index in [0.29, 0.717) is 0 Å². The van der Waals surface area contributed by atoms with Crippen molar-refractivity contribution >= 4 is 0 Å². The molecular formula is C14H18N2. The van der Waals surface area contributed by atoms with Gasteiger partial charge in [-0.1, -0.05) is 31.1 Å². The minimum Gasteiger partial charge on any atom is -0.192 e. The fourth-order valence-corrected chi connectivity index (χ4v) is 2.45. The van der Waals surface area contributed by atoms with Crippen LogP contribution in [0.3, 0.4) is 0 Å². The van der Waals surface area contributed by atoms with Crippen molar-refractivity contribution in [1.29, 1.82) is 10.5 Å². The number of hydrogen-bond donors (Lipinski definition) is 0. The molecule has 0 radical (unpaired) electrons. The third-order valence-electron chi connectivity index (χ3n) is 3.44. The maximum Gasteiger partial charge on any atom is 0.126 e. The number of nitrogens with zero attached hydrogens (tertiary/aromatic N) is 2. The van der Waals surface area contributed by atoms with E-state index >= 15 is 0 Å². The Bertz CT molecular complexity index is 395. The molecule has 16 heavy (non-hydrogen) atoms. The molecule has 0 spiro atoms. The van der Waals surface area contributed by atoms with Gasteiger partial charge in [-0.05, 0) is 38.0 Å². The summed E-state index contributed by atoms with van der Waals surface area (Å²) >= 11 is 0. The molecule has 1 aliphatic rings.